The molecule has 1 N–H and O–H groups in total. The van der Waals surface area contributed by atoms with Crippen molar-refractivity contribution >= 4 is 15.5 Å². The van der Waals surface area contributed by atoms with Crippen molar-refractivity contribution in [2.75, 3.05) is 18.5 Å². The second kappa shape index (κ2) is 5.38. The van der Waals surface area contributed by atoms with Gasteiger partial charge in [-0.2, -0.15) is 13.2 Å². The van der Waals surface area contributed by atoms with Gasteiger partial charge in [-0.3, -0.25) is 0 Å². The van der Waals surface area contributed by atoms with E-state index in [1.807, 2.05) is 0 Å². The first kappa shape index (κ1) is 15.8. The number of halogens is 3. The summed E-state index contributed by atoms with van der Waals surface area (Å²) in [5.41, 5.74) is -5.45. The lowest BCUT2D eigenvalue weighted by Crippen LogP contribution is -2.30. The van der Waals surface area contributed by atoms with E-state index in [0.717, 1.165) is 6.07 Å². The number of aliphatic hydroxyl groups is 1. The van der Waals surface area contributed by atoms with Gasteiger partial charge < -0.3 is 10.0 Å². The lowest BCUT2D eigenvalue weighted by atomic mass is 10.2. The van der Waals surface area contributed by atoms with Crippen molar-refractivity contribution < 1.29 is 26.7 Å². The Labute approximate surface area is 109 Å². The van der Waals surface area contributed by atoms with Gasteiger partial charge in [-0.05, 0) is 19.1 Å². The van der Waals surface area contributed by atoms with E-state index in [9.17, 15) is 26.7 Å². The Bertz CT molecular complexity index is 540. The average Bonchev–Trinajstić information content (AvgIpc) is 2.26. The summed E-state index contributed by atoms with van der Waals surface area (Å²) >= 11 is 0. The molecule has 0 radical (unpaired) electrons. The molecule has 1 unspecified atom stereocenters. The molecule has 0 saturated heterocycles. The maximum absolute atomic E-state index is 12.6. The minimum atomic E-state index is -5.41. The van der Waals surface area contributed by atoms with Crippen LogP contribution in [-0.4, -0.2) is 38.7 Å². The lowest BCUT2D eigenvalue weighted by molar-refractivity contribution is -0.0435. The molecule has 0 bridgehead atoms. The molecule has 1 rings (SSSR count). The highest BCUT2D eigenvalue weighted by Gasteiger charge is 2.48. The van der Waals surface area contributed by atoms with Gasteiger partial charge in [0, 0.05) is 13.6 Å². The summed E-state index contributed by atoms with van der Waals surface area (Å²) in [5.74, 6) is 0. The number of hydrogen-bond donors (Lipinski definition) is 1. The van der Waals surface area contributed by atoms with Crippen molar-refractivity contribution in [3.05, 3.63) is 24.3 Å². The van der Waals surface area contributed by atoms with Gasteiger partial charge in [0.25, 0.3) is 9.84 Å². The third kappa shape index (κ3) is 3.38. The molecule has 0 spiro atoms. The number of nitrogens with zero attached hydrogens (tertiary/aromatic N) is 1. The highest BCUT2D eigenvalue weighted by Crippen LogP contribution is 2.35. The summed E-state index contributed by atoms with van der Waals surface area (Å²) < 4.78 is 60.6. The third-order valence-electron chi connectivity index (χ3n) is 2.41. The number of aliphatic hydroxyl groups excluding tert-OH is 1. The molecule has 0 aromatic heterocycles. The van der Waals surface area contributed by atoms with E-state index < -0.39 is 26.3 Å². The Morgan fingerprint density at radius 2 is 1.84 bits per heavy atom. The Kier molecular flexibility index (Phi) is 4.46. The van der Waals surface area contributed by atoms with Gasteiger partial charge in [0.2, 0.25) is 0 Å². The Balaban J connectivity index is 3.32. The predicted molar refractivity (Wildman–Crippen MR) is 64.6 cm³/mol. The molecule has 4 nitrogen and oxygen atoms in total. The third-order valence-corrected chi connectivity index (χ3v) is 3.94. The number of hydrogen-bond acceptors (Lipinski definition) is 4. The second-order valence-electron chi connectivity index (χ2n) is 4.15. The fourth-order valence-electron chi connectivity index (χ4n) is 1.62. The average molecular weight is 297 g/mol. The van der Waals surface area contributed by atoms with Gasteiger partial charge in [0.15, 0.2) is 0 Å². The van der Waals surface area contributed by atoms with E-state index >= 15 is 0 Å². The van der Waals surface area contributed by atoms with E-state index in [1.165, 1.54) is 37.1 Å². The molecule has 0 aliphatic rings. The van der Waals surface area contributed by atoms with E-state index in [1.54, 1.807) is 0 Å². The number of rotatable bonds is 4. The SMILES string of the molecule is CC(O)CN(C)c1ccccc1S(=O)(=O)C(F)(F)F. The van der Waals surface area contributed by atoms with Crippen LogP contribution in [0.1, 0.15) is 6.92 Å². The molecule has 1 aromatic rings. The molecule has 1 atom stereocenters. The zero-order valence-corrected chi connectivity index (χ0v) is 11.2. The van der Waals surface area contributed by atoms with Crippen LogP contribution in [0.15, 0.2) is 29.2 Å². The van der Waals surface area contributed by atoms with Crippen LogP contribution in [0.5, 0.6) is 0 Å². The fourth-order valence-corrected chi connectivity index (χ4v) is 2.63. The largest absolute Gasteiger partial charge is 0.501 e. The van der Waals surface area contributed by atoms with E-state index in [2.05, 4.69) is 0 Å². The van der Waals surface area contributed by atoms with Gasteiger partial charge in [0.05, 0.1) is 16.7 Å². The van der Waals surface area contributed by atoms with Crippen LogP contribution in [0.25, 0.3) is 0 Å². The Hall–Kier alpha value is -1.28. The molecule has 0 aliphatic carbocycles. The molecule has 0 amide bonds. The molecule has 108 valence electrons. The first-order valence-corrected chi connectivity index (χ1v) is 6.85. The standard InChI is InChI=1S/C11H14F3NO3S/c1-8(16)7-15(2)9-5-3-4-6-10(9)19(17,18)11(12,13)14/h3-6,8,16H,7H2,1-2H3. The quantitative estimate of drug-likeness (QED) is 0.920. The van der Waals surface area contributed by atoms with Crippen LogP contribution in [0.3, 0.4) is 0 Å². The molecule has 0 saturated carbocycles. The van der Waals surface area contributed by atoms with Crippen molar-refractivity contribution in [3.8, 4) is 0 Å². The van der Waals surface area contributed by atoms with Gasteiger partial charge >= 0.3 is 5.51 Å². The summed E-state index contributed by atoms with van der Waals surface area (Å²) in [4.78, 5) is 0.453. The summed E-state index contributed by atoms with van der Waals surface area (Å²) in [6.45, 7) is 1.47. The predicted octanol–water partition coefficient (Wildman–Crippen LogP) is 1.80. The van der Waals surface area contributed by atoms with Crippen molar-refractivity contribution in [2.24, 2.45) is 0 Å². The smallest absolute Gasteiger partial charge is 0.392 e. The molecule has 0 fully saturated rings. The molecule has 1 aromatic carbocycles. The zero-order chi connectivity index (χ0) is 14.8. The van der Waals surface area contributed by atoms with Gasteiger partial charge in [-0.25, -0.2) is 8.42 Å². The first-order valence-electron chi connectivity index (χ1n) is 5.37. The lowest BCUT2D eigenvalue weighted by Gasteiger charge is -2.23. The summed E-state index contributed by atoms with van der Waals surface area (Å²) in [5, 5.41) is 9.22. The maximum atomic E-state index is 12.6. The minimum Gasteiger partial charge on any atom is -0.392 e. The molecule has 0 aliphatic heterocycles. The van der Waals surface area contributed by atoms with Crippen molar-refractivity contribution in [2.45, 2.75) is 23.4 Å². The fraction of sp³-hybridized carbons (Fsp3) is 0.455. The van der Waals surface area contributed by atoms with Crippen LogP contribution in [0, 0.1) is 0 Å². The van der Waals surface area contributed by atoms with Crippen molar-refractivity contribution in [1.82, 2.24) is 0 Å². The molecular weight excluding hydrogens is 283 g/mol. The summed E-state index contributed by atoms with van der Waals surface area (Å²) in [6.07, 6.45) is -0.799. The number of anilines is 1. The van der Waals surface area contributed by atoms with Crippen molar-refractivity contribution in [1.29, 1.82) is 0 Å². The Morgan fingerprint density at radius 1 is 1.32 bits per heavy atom. The summed E-state index contributed by atoms with van der Waals surface area (Å²) in [6, 6.07) is 4.82. The number of alkyl halides is 3. The first-order chi connectivity index (χ1) is 8.57. The van der Waals surface area contributed by atoms with Crippen LogP contribution < -0.4 is 4.90 Å². The van der Waals surface area contributed by atoms with Gasteiger partial charge in [0.1, 0.15) is 0 Å². The maximum Gasteiger partial charge on any atom is 0.501 e. The number of benzene rings is 1. The van der Waals surface area contributed by atoms with Crippen LogP contribution >= 0.6 is 0 Å². The van der Waals surface area contributed by atoms with Crippen LogP contribution in [0.2, 0.25) is 0 Å². The monoisotopic (exact) mass is 297 g/mol. The highest BCUT2D eigenvalue weighted by atomic mass is 32.2. The summed E-state index contributed by atoms with van der Waals surface area (Å²) in [7, 11) is -4.00. The van der Waals surface area contributed by atoms with Gasteiger partial charge in [-0.1, -0.05) is 12.1 Å². The Morgan fingerprint density at radius 3 is 2.32 bits per heavy atom. The molecular formula is C11H14F3NO3S. The highest BCUT2D eigenvalue weighted by molar-refractivity contribution is 7.92. The minimum absolute atomic E-state index is 0.0182. The van der Waals surface area contributed by atoms with E-state index in [4.69, 9.17) is 0 Å². The number of para-hydroxylation sites is 1. The van der Waals surface area contributed by atoms with Crippen LogP contribution in [0.4, 0.5) is 18.9 Å². The number of likely N-dealkylation sites (N-methyl/N-ethyl adjacent to an activating group) is 1. The number of sulfone groups is 1. The topological polar surface area (TPSA) is 57.6 Å². The molecule has 19 heavy (non-hydrogen) atoms. The van der Waals surface area contributed by atoms with E-state index in [0.29, 0.717) is 0 Å². The van der Waals surface area contributed by atoms with Gasteiger partial charge in [-0.15, -0.1) is 0 Å². The normalized spacial score (nSPS) is 14.2. The van der Waals surface area contributed by atoms with Crippen LogP contribution in [-0.2, 0) is 9.84 Å². The zero-order valence-electron chi connectivity index (χ0n) is 10.3. The van der Waals surface area contributed by atoms with E-state index in [-0.39, 0.29) is 12.2 Å². The molecule has 0 heterocycles. The van der Waals surface area contributed by atoms with Crippen molar-refractivity contribution in [3.63, 3.8) is 0 Å². The molecule has 8 heteroatoms. The second-order valence-corrected chi connectivity index (χ2v) is 6.06.